The average molecular weight is 493 g/mol. The van der Waals surface area contributed by atoms with Crippen LogP contribution in [0.4, 0.5) is 4.79 Å². The van der Waals surface area contributed by atoms with Crippen LogP contribution in [0, 0.1) is 0 Å². The number of hydrogen-bond donors (Lipinski definition) is 0. The summed E-state index contributed by atoms with van der Waals surface area (Å²) in [6.45, 7) is 5.78. The van der Waals surface area contributed by atoms with Crippen molar-refractivity contribution in [1.29, 1.82) is 0 Å². The molecule has 0 saturated carbocycles. The first kappa shape index (κ1) is 18.4. The normalized spacial score (nSPS) is 13.4. The summed E-state index contributed by atoms with van der Waals surface area (Å²) in [6.07, 6.45) is -0.189. The molecule has 1 rings (SSSR count). The second-order valence-corrected chi connectivity index (χ2v) is 37.0. The first-order valence-electron chi connectivity index (χ1n) is 7.19. The van der Waals surface area contributed by atoms with Crippen molar-refractivity contribution in [2.24, 2.45) is 0 Å². The number of ether oxygens (including phenoxy) is 1. The van der Waals surface area contributed by atoms with Crippen molar-refractivity contribution in [2.45, 2.75) is 56.0 Å². The number of carbonyl (C=O) groups excluding carboxylic acids is 1. The van der Waals surface area contributed by atoms with Gasteiger partial charge in [-0.1, -0.05) is 0 Å². The molecule has 0 bridgehead atoms. The molecule has 0 aliphatic carbocycles. The summed E-state index contributed by atoms with van der Waals surface area (Å²) in [5.74, 6) is 0. The van der Waals surface area contributed by atoms with E-state index < -0.39 is 42.4 Å². The van der Waals surface area contributed by atoms with Gasteiger partial charge in [0.25, 0.3) is 0 Å². The second-order valence-electron chi connectivity index (χ2n) is 8.42. The van der Waals surface area contributed by atoms with E-state index in [4.69, 9.17) is 4.74 Å². The van der Waals surface area contributed by atoms with Gasteiger partial charge in [0, 0.05) is 0 Å². The van der Waals surface area contributed by atoms with Crippen molar-refractivity contribution in [2.75, 3.05) is 0 Å². The van der Waals surface area contributed by atoms with Gasteiger partial charge in [-0.3, -0.25) is 0 Å². The fraction of sp³-hybridized carbons (Fsp3) is 0.667. The minimum absolute atomic E-state index is 0.189. The molecule has 0 spiro atoms. The number of rotatable bonds is 2. The van der Waals surface area contributed by atoms with Gasteiger partial charge in [-0.05, 0) is 0 Å². The summed E-state index contributed by atoms with van der Waals surface area (Å²) < 4.78 is 10.1. The summed E-state index contributed by atoms with van der Waals surface area (Å²) in [4.78, 5) is 26.7. The van der Waals surface area contributed by atoms with E-state index in [9.17, 15) is 4.79 Å². The van der Waals surface area contributed by atoms with Crippen molar-refractivity contribution < 1.29 is 9.53 Å². The molecule has 1 aromatic heterocycles. The molecule has 0 aliphatic rings. The van der Waals surface area contributed by atoms with Crippen LogP contribution < -0.4 is 7.42 Å². The van der Waals surface area contributed by atoms with E-state index in [1.807, 2.05) is 25.3 Å². The Hall–Kier alpha value is 0.347. The van der Waals surface area contributed by atoms with Crippen LogP contribution in [0.2, 0.25) is 29.6 Å². The van der Waals surface area contributed by atoms with Crippen LogP contribution in [0.25, 0.3) is 0 Å². The maximum absolute atomic E-state index is 12.7. The Morgan fingerprint density at radius 1 is 0.950 bits per heavy atom. The molecule has 0 fully saturated rings. The standard InChI is InChI=1S/C9H11NO2.6CH3.2Sn/c1-9(2,3)12-8(11)10-6-4-5-7-10;;;;;;;;/h4-5H,1-3H3;6*1H3;;. The molecule has 114 valence electrons. The maximum atomic E-state index is 12.7. The molecule has 0 atom stereocenters. The van der Waals surface area contributed by atoms with Gasteiger partial charge in [-0.2, -0.15) is 0 Å². The van der Waals surface area contributed by atoms with Crippen molar-refractivity contribution in [3.63, 3.8) is 0 Å². The second kappa shape index (κ2) is 5.86. The van der Waals surface area contributed by atoms with Crippen LogP contribution in [0.1, 0.15) is 20.8 Å². The molecular formula is C15H29NO2Sn2. The third-order valence-corrected chi connectivity index (χ3v) is 14.0. The summed E-state index contributed by atoms with van der Waals surface area (Å²) in [5, 5.41) is 0. The van der Waals surface area contributed by atoms with E-state index in [1.54, 1.807) is 0 Å². The van der Waals surface area contributed by atoms with Gasteiger partial charge in [-0.15, -0.1) is 0 Å². The number of hydrogen-bond acceptors (Lipinski definition) is 2. The summed E-state index contributed by atoms with van der Waals surface area (Å²) in [5.41, 5.74) is -0.448. The first-order chi connectivity index (χ1) is 8.73. The van der Waals surface area contributed by atoms with Gasteiger partial charge in [0.05, 0.1) is 0 Å². The molecular weight excluding hydrogens is 464 g/mol. The Balaban J connectivity index is 3.40. The van der Waals surface area contributed by atoms with E-state index in [1.165, 1.54) is 7.42 Å². The van der Waals surface area contributed by atoms with Crippen LogP contribution in [0.15, 0.2) is 12.1 Å². The molecule has 0 aromatic carbocycles. The van der Waals surface area contributed by atoms with Gasteiger partial charge in [0.2, 0.25) is 0 Å². The predicted octanol–water partition coefficient (Wildman–Crippen LogP) is 3.36. The van der Waals surface area contributed by atoms with Crippen molar-refractivity contribution in [3.8, 4) is 0 Å². The first-order valence-corrected chi connectivity index (χ1v) is 27.2. The van der Waals surface area contributed by atoms with Gasteiger partial charge in [0.15, 0.2) is 0 Å². The van der Waals surface area contributed by atoms with Crippen molar-refractivity contribution >= 4 is 50.3 Å². The summed E-state index contributed by atoms with van der Waals surface area (Å²) in [7, 11) is 0. The fourth-order valence-corrected chi connectivity index (χ4v) is 11.4. The summed E-state index contributed by atoms with van der Waals surface area (Å²) in [6, 6.07) is 4.36. The van der Waals surface area contributed by atoms with Crippen molar-refractivity contribution in [1.82, 2.24) is 4.57 Å². The fourth-order valence-electron chi connectivity index (χ4n) is 2.11. The Labute approximate surface area is 131 Å². The van der Waals surface area contributed by atoms with Crippen LogP contribution >= 0.6 is 0 Å². The van der Waals surface area contributed by atoms with E-state index in [0.717, 1.165) is 0 Å². The van der Waals surface area contributed by atoms with Gasteiger partial charge in [-0.25, -0.2) is 0 Å². The molecule has 1 aromatic rings. The van der Waals surface area contributed by atoms with E-state index in [2.05, 4.69) is 41.8 Å². The molecule has 1 heterocycles. The monoisotopic (exact) mass is 495 g/mol. The molecule has 0 unspecified atom stereocenters. The number of nitrogens with zero attached hydrogens (tertiary/aromatic N) is 1. The van der Waals surface area contributed by atoms with Crippen molar-refractivity contribution in [3.05, 3.63) is 12.1 Å². The van der Waals surface area contributed by atoms with Crippen LogP contribution in [0.3, 0.4) is 0 Å². The number of carbonyl (C=O) groups is 1. The molecule has 0 amide bonds. The van der Waals surface area contributed by atoms with Crippen LogP contribution in [-0.2, 0) is 4.74 Å². The van der Waals surface area contributed by atoms with Gasteiger partial charge >= 0.3 is 133 Å². The molecule has 20 heavy (non-hydrogen) atoms. The third kappa shape index (κ3) is 4.68. The summed E-state index contributed by atoms with van der Waals surface area (Å²) >= 11 is -4.69. The van der Waals surface area contributed by atoms with Crippen LogP contribution in [0.5, 0.6) is 0 Å². The number of aromatic nitrogens is 1. The van der Waals surface area contributed by atoms with E-state index in [0.29, 0.717) is 0 Å². The Morgan fingerprint density at radius 3 is 1.55 bits per heavy atom. The zero-order chi connectivity index (χ0) is 15.9. The molecule has 0 radical (unpaired) electrons. The van der Waals surface area contributed by atoms with Crippen LogP contribution in [-0.4, -0.2) is 53.0 Å². The molecule has 0 N–H and O–H groups in total. The third-order valence-electron chi connectivity index (χ3n) is 2.99. The van der Waals surface area contributed by atoms with Gasteiger partial charge < -0.3 is 0 Å². The zero-order valence-electron chi connectivity index (χ0n) is 14.4. The Bertz CT molecular complexity index is 468. The zero-order valence-corrected chi connectivity index (χ0v) is 20.1. The minimum atomic E-state index is -2.35. The average Bonchev–Trinajstić information content (AvgIpc) is 2.56. The Kier molecular flexibility index (Phi) is 5.39. The predicted molar refractivity (Wildman–Crippen MR) is 92.0 cm³/mol. The Morgan fingerprint density at radius 2 is 1.30 bits per heavy atom. The van der Waals surface area contributed by atoms with E-state index >= 15 is 0 Å². The topological polar surface area (TPSA) is 31.2 Å². The SMILES string of the molecule is CC(C)(C)OC(=O)n1[c]([Sn]([CH3])([CH3])[CH3])cc[c]1[Sn]([CH3])([CH3])[CH3]. The molecule has 5 heteroatoms. The molecule has 0 saturated heterocycles. The molecule has 3 nitrogen and oxygen atoms in total. The van der Waals surface area contributed by atoms with Gasteiger partial charge in [0.1, 0.15) is 0 Å². The molecule has 0 aliphatic heterocycles. The quantitative estimate of drug-likeness (QED) is 0.593. The van der Waals surface area contributed by atoms with E-state index in [-0.39, 0.29) is 6.09 Å².